The Balaban J connectivity index is 4.41. The Labute approximate surface area is 402 Å². The molecular formula is C59H104O6. The van der Waals surface area contributed by atoms with Crippen molar-refractivity contribution in [1.82, 2.24) is 0 Å². The third-order valence-electron chi connectivity index (χ3n) is 12.0. The molecule has 0 aliphatic carbocycles. The van der Waals surface area contributed by atoms with Gasteiger partial charge in [-0.15, -0.1) is 0 Å². The van der Waals surface area contributed by atoms with Crippen molar-refractivity contribution in [3.8, 4) is 0 Å². The summed E-state index contributed by atoms with van der Waals surface area (Å²) in [6.07, 6.45) is 66.3. The zero-order chi connectivity index (χ0) is 47.2. The smallest absolute Gasteiger partial charge is 0.306 e. The fraction of sp³-hybridized carbons (Fsp3) is 0.780. The summed E-state index contributed by atoms with van der Waals surface area (Å²) >= 11 is 0. The van der Waals surface area contributed by atoms with Crippen LogP contribution in [0.4, 0.5) is 0 Å². The minimum Gasteiger partial charge on any atom is -0.462 e. The molecule has 6 nitrogen and oxygen atoms in total. The van der Waals surface area contributed by atoms with E-state index in [1.54, 1.807) is 0 Å². The van der Waals surface area contributed by atoms with Crippen LogP contribution < -0.4 is 0 Å². The van der Waals surface area contributed by atoms with Crippen LogP contribution in [0.25, 0.3) is 0 Å². The molecule has 0 bridgehead atoms. The molecular weight excluding hydrogens is 805 g/mol. The molecule has 6 heteroatoms. The number of allylic oxidation sites excluding steroid dienone is 10. The Morgan fingerprint density at radius 3 is 0.938 bits per heavy atom. The van der Waals surface area contributed by atoms with Gasteiger partial charge >= 0.3 is 17.9 Å². The van der Waals surface area contributed by atoms with Crippen LogP contribution in [0.2, 0.25) is 0 Å². The summed E-state index contributed by atoms with van der Waals surface area (Å²) in [7, 11) is 0. The lowest BCUT2D eigenvalue weighted by atomic mass is 10.0. The molecule has 0 fully saturated rings. The average molecular weight is 909 g/mol. The molecule has 0 N–H and O–H groups in total. The minimum absolute atomic E-state index is 0.0809. The Morgan fingerprint density at radius 1 is 0.323 bits per heavy atom. The molecule has 0 aliphatic rings. The van der Waals surface area contributed by atoms with E-state index in [1.165, 1.54) is 141 Å². The normalized spacial score (nSPS) is 12.5. The molecule has 65 heavy (non-hydrogen) atoms. The average Bonchev–Trinajstić information content (AvgIpc) is 3.30. The molecule has 0 rings (SSSR count). The van der Waals surface area contributed by atoms with Crippen LogP contribution in [0.3, 0.4) is 0 Å². The van der Waals surface area contributed by atoms with Crippen molar-refractivity contribution in [2.24, 2.45) is 0 Å². The molecule has 0 unspecified atom stereocenters. The fourth-order valence-electron chi connectivity index (χ4n) is 7.88. The summed E-state index contributed by atoms with van der Waals surface area (Å²) in [6, 6.07) is 0. The molecule has 0 aliphatic heterocycles. The van der Waals surface area contributed by atoms with Crippen molar-refractivity contribution in [1.29, 1.82) is 0 Å². The quantitative estimate of drug-likeness (QED) is 0.0262. The summed E-state index contributed by atoms with van der Waals surface area (Å²) in [6.45, 7) is 6.52. The summed E-state index contributed by atoms with van der Waals surface area (Å²) in [5.74, 6) is -0.902. The van der Waals surface area contributed by atoms with Crippen LogP contribution in [0, 0.1) is 0 Å². The summed E-state index contributed by atoms with van der Waals surface area (Å²) in [5.41, 5.74) is 0. The van der Waals surface area contributed by atoms with Gasteiger partial charge in [0.15, 0.2) is 6.10 Å². The standard InChI is InChI=1S/C59H104O6/c1-4-7-10-13-16-19-22-25-28-29-30-31-32-35-37-40-43-46-49-52-58(61)64-55-56(65-59(62)53-50-47-44-41-38-34-27-24-21-18-15-12-9-6-3)54-63-57(60)51-48-45-42-39-36-33-26-23-20-17-14-11-8-5-2/h7,10,16,19,25,28,30-31,35,37,56H,4-6,8-9,11-15,17-18,20-24,26-27,29,32-34,36,38-55H2,1-3H3/b10-7+,19-16+,28-25+,31-30+,37-35+/t56-/m1/s1. The second-order valence-corrected chi connectivity index (χ2v) is 18.5. The van der Waals surface area contributed by atoms with Crippen molar-refractivity contribution in [3.63, 3.8) is 0 Å². The minimum atomic E-state index is -0.784. The SMILES string of the molecule is CC/C=C/C/C=C/C/C=C/C/C=C/C/C=C/CCCCCC(=O)OC[C@@H](COC(=O)CCCCCCCCCCCCCCCC)OC(=O)CCCCCCCCCCCCCCCC. The molecule has 0 saturated heterocycles. The number of rotatable bonds is 50. The Hall–Kier alpha value is -2.89. The van der Waals surface area contributed by atoms with Gasteiger partial charge in [-0.3, -0.25) is 14.4 Å². The monoisotopic (exact) mass is 909 g/mol. The molecule has 376 valence electrons. The fourth-order valence-corrected chi connectivity index (χ4v) is 7.88. The summed E-state index contributed by atoms with van der Waals surface area (Å²) in [4.78, 5) is 38.1. The number of ether oxygens (including phenoxy) is 3. The number of esters is 3. The van der Waals surface area contributed by atoms with Gasteiger partial charge in [-0.05, 0) is 64.2 Å². The highest BCUT2D eigenvalue weighted by Gasteiger charge is 2.19. The molecule has 0 spiro atoms. The maximum absolute atomic E-state index is 12.8. The van der Waals surface area contributed by atoms with E-state index in [2.05, 4.69) is 81.5 Å². The first kappa shape index (κ1) is 62.1. The Morgan fingerprint density at radius 2 is 0.600 bits per heavy atom. The third-order valence-corrected chi connectivity index (χ3v) is 12.0. The van der Waals surface area contributed by atoms with Crippen LogP contribution >= 0.6 is 0 Å². The third kappa shape index (κ3) is 51.9. The molecule has 0 aromatic heterocycles. The van der Waals surface area contributed by atoms with Crippen molar-refractivity contribution < 1.29 is 28.6 Å². The highest BCUT2D eigenvalue weighted by molar-refractivity contribution is 5.71. The van der Waals surface area contributed by atoms with Crippen LogP contribution in [-0.2, 0) is 28.6 Å². The van der Waals surface area contributed by atoms with Crippen LogP contribution in [0.1, 0.15) is 278 Å². The van der Waals surface area contributed by atoms with E-state index in [1.807, 2.05) is 0 Å². The number of hydrogen-bond acceptors (Lipinski definition) is 6. The molecule has 0 heterocycles. The van der Waals surface area contributed by atoms with E-state index in [4.69, 9.17) is 14.2 Å². The molecule has 1 atom stereocenters. The molecule has 0 aromatic carbocycles. The van der Waals surface area contributed by atoms with Gasteiger partial charge in [-0.1, -0.05) is 255 Å². The molecule has 0 aromatic rings. The van der Waals surface area contributed by atoms with Gasteiger partial charge in [-0.25, -0.2) is 0 Å². The zero-order valence-corrected chi connectivity index (χ0v) is 43.0. The second-order valence-electron chi connectivity index (χ2n) is 18.5. The number of carbonyl (C=O) groups excluding carboxylic acids is 3. The predicted molar refractivity (Wildman–Crippen MR) is 279 cm³/mol. The highest BCUT2D eigenvalue weighted by Crippen LogP contribution is 2.16. The second kappa shape index (κ2) is 53.7. The van der Waals surface area contributed by atoms with E-state index in [-0.39, 0.29) is 31.1 Å². The van der Waals surface area contributed by atoms with Crippen LogP contribution in [0.15, 0.2) is 60.8 Å². The van der Waals surface area contributed by atoms with E-state index in [9.17, 15) is 14.4 Å². The van der Waals surface area contributed by atoms with Crippen molar-refractivity contribution in [2.45, 2.75) is 284 Å². The largest absolute Gasteiger partial charge is 0.462 e. The first-order chi connectivity index (χ1) is 32.0. The van der Waals surface area contributed by atoms with Crippen molar-refractivity contribution in [3.05, 3.63) is 60.8 Å². The lowest BCUT2D eigenvalue weighted by molar-refractivity contribution is -0.167. The number of hydrogen-bond donors (Lipinski definition) is 0. The van der Waals surface area contributed by atoms with Gasteiger partial charge in [-0.2, -0.15) is 0 Å². The topological polar surface area (TPSA) is 78.9 Å². The van der Waals surface area contributed by atoms with Crippen molar-refractivity contribution in [2.75, 3.05) is 13.2 Å². The maximum atomic E-state index is 12.8. The number of unbranched alkanes of at least 4 members (excludes halogenated alkanes) is 29. The van der Waals surface area contributed by atoms with Gasteiger partial charge < -0.3 is 14.2 Å². The van der Waals surface area contributed by atoms with Crippen LogP contribution in [0.5, 0.6) is 0 Å². The Bertz CT molecular complexity index is 1180. The van der Waals surface area contributed by atoms with Gasteiger partial charge in [0, 0.05) is 19.3 Å². The van der Waals surface area contributed by atoms with E-state index >= 15 is 0 Å². The van der Waals surface area contributed by atoms with Crippen LogP contribution in [-0.4, -0.2) is 37.2 Å². The number of carbonyl (C=O) groups is 3. The highest BCUT2D eigenvalue weighted by atomic mass is 16.6. The van der Waals surface area contributed by atoms with E-state index < -0.39 is 6.10 Å². The first-order valence-electron chi connectivity index (χ1n) is 27.8. The van der Waals surface area contributed by atoms with E-state index in [0.717, 1.165) is 96.3 Å². The predicted octanol–water partition coefficient (Wildman–Crippen LogP) is 18.4. The lowest BCUT2D eigenvalue weighted by Gasteiger charge is -2.18. The maximum Gasteiger partial charge on any atom is 0.306 e. The van der Waals surface area contributed by atoms with Gasteiger partial charge in [0.2, 0.25) is 0 Å². The van der Waals surface area contributed by atoms with Gasteiger partial charge in [0.05, 0.1) is 0 Å². The molecule has 0 saturated carbocycles. The van der Waals surface area contributed by atoms with Gasteiger partial charge in [0.25, 0.3) is 0 Å². The summed E-state index contributed by atoms with van der Waals surface area (Å²) < 4.78 is 16.8. The molecule has 0 radical (unpaired) electrons. The Kier molecular flexibility index (Phi) is 51.3. The van der Waals surface area contributed by atoms with Crippen molar-refractivity contribution >= 4 is 17.9 Å². The first-order valence-corrected chi connectivity index (χ1v) is 27.8. The van der Waals surface area contributed by atoms with E-state index in [0.29, 0.717) is 19.3 Å². The van der Waals surface area contributed by atoms with Gasteiger partial charge in [0.1, 0.15) is 13.2 Å². The zero-order valence-electron chi connectivity index (χ0n) is 43.0. The molecule has 0 amide bonds. The lowest BCUT2D eigenvalue weighted by Crippen LogP contribution is -2.30. The summed E-state index contributed by atoms with van der Waals surface area (Å²) in [5, 5.41) is 0.